The molecule has 26 nitrogen and oxygen atoms in total. The molecule has 0 radical (unpaired) electrons. The second-order valence-corrected chi connectivity index (χ2v) is 39.7. The van der Waals surface area contributed by atoms with Gasteiger partial charge in [0.2, 0.25) is 43.2 Å². The summed E-state index contributed by atoms with van der Waals surface area (Å²) in [7, 11) is 0.625. The number of nitriles is 2. The van der Waals surface area contributed by atoms with Crippen molar-refractivity contribution >= 4 is 187 Å². The number of rotatable bonds is 24. The largest absolute Gasteiger partial charge is 0.490 e. The Kier molecular flexibility index (Phi) is 35.5. The summed E-state index contributed by atoms with van der Waals surface area (Å²) in [4.78, 5) is 55.6. The van der Waals surface area contributed by atoms with E-state index in [1.54, 1.807) is 90.4 Å². The van der Waals surface area contributed by atoms with Gasteiger partial charge in [-0.1, -0.05) is 87.8 Å². The number of aromatic nitrogens is 2. The highest BCUT2D eigenvalue weighted by Crippen LogP contribution is 2.40. The standard InChI is InChI=1S/C23H23ClN4OS.C21H21Cl2N3O4S.C20H19Cl2N3O4S.C17H17BrClN3S.C6H8BNO3/c1-25-21-7-5-17(12-20(21)24)28(18-10-11-27(2)14-18)15-19-6-8-22(30-19)16-4-9-23(29-3)26-13-16;1-30-21(27)14-4-6-19(22)16(9-14)12-26(17-5-3-15(11-24)20(23)10-17)18-7-8-25(13-18)31(2,28)29;1-30(28,29)24-7-6-17(12-24)25(16-4-2-14(10-23)19(22)9-16)11-15-8-13(20(26)27)3-5-18(15)21;1-20-16-5-3-12(9-15(16)19)22(13-7-8-21(2)10-13)11-14-4-6-17(18)23-14;1-11-6-3-2-5(4-8-6)7(9)10/h4-9,12-13,18H,10-11,14-15H2,2-3H3;3-6,9-10,18H,7-8,12-13H2,1-2H3;2-5,8-9,17H,6-7,11-12H2,1H3,(H,26,27);3-6,9,13H,7-8,10-11H2,2H3;2-4,9-10H,1H3/t2*18-;17-;13-;/m0000./s1. The van der Waals surface area contributed by atoms with Gasteiger partial charge in [0, 0.05) is 163 Å². The number of hydrogen-bond donors (Lipinski definition) is 3. The van der Waals surface area contributed by atoms with E-state index in [9.17, 15) is 36.8 Å². The van der Waals surface area contributed by atoms with Gasteiger partial charge < -0.3 is 58.8 Å². The van der Waals surface area contributed by atoms with Gasteiger partial charge in [-0.2, -0.15) is 10.5 Å². The maximum Gasteiger partial charge on any atom is 0.490 e. The lowest BCUT2D eigenvalue weighted by Gasteiger charge is -2.32. The van der Waals surface area contributed by atoms with E-state index >= 15 is 0 Å². The van der Waals surface area contributed by atoms with Crippen molar-refractivity contribution < 1.29 is 55.8 Å². The number of nitrogens with zero attached hydrogens (tertiary/aromatic N) is 14. The van der Waals surface area contributed by atoms with Crippen molar-refractivity contribution in [2.45, 2.75) is 76.0 Å². The third-order valence-electron chi connectivity index (χ3n) is 21.1. The summed E-state index contributed by atoms with van der Waals surface area (Å²) >= 11 is 44.9. The van der Waals surface area contributed by atoms with Crippen LogP contribution >= 0.6 is 108 Å². The van der Waals surface area contributed by atoms with Crippen molar-refractivity contribution in [1.29, 1.82) is 10.5 Å². The van der Waals surface area contributed by atoms with Gasteiger partial charge in [-0.25, -0.2) is 54.7 Å². The summed E-state index contributed by atoms with van der Waals surface area (Å²) in [6.45, 7) is 22.3. The smallest absolute Gasteiger partial charge is 0.481 e. The molecule has 4 saturated heterocycles. The van der Waals surface area contributed by atoms with E-state index < -0.39 is 39.1 Å². The maximum absolute atomic E-state index is 12.0. The molecular formula is C87H88BBrCl6N14O12S4. The zero-order chi connectivity index (χ0) is 90.6. The van der Waals surface area contributed by atoms with Crippen LogP contribution in [-0.4, -0.2) is 204 Å². The Labute approximate surface area is 775 Å². The van der Waals surface area contributed by atoms with E-state index in [-0.39, 0.29) is 35.8 Å². The molecule has 0 spiro atoms. The number of ether oxygens (including phenoxy) is 3. The summed E-state index contributed by atoms with van der Waals surface area (Å²) in [5.41, 5.74) is 8.44. The number of sulfonamides is 2. The van der Waals surface area contributed by atoms with Crippen molar-refractivity contribution in [2.24, 2.45) is 0 Å². The molecule has 654 valence electrons. The molecule has 8 heterocycles. The van der Waals surface area contributed by atoms with E-state index in [1.165, 1.54) is 80.4 Å². The number of methoxy groups -OCH3 is 3. The summed E-state index contributed by atoms with van der Waals surface area (Å²) in [6, 6.07) is 51.2. The van der Waals surface area contributed by atoms with Crippen LogP contribution in [0.1, 0.15) is 78.4 Å². The number of hydrogen-bond acceptors (Lipinski definition) is 23. The van der Waals surface area contributed by atoms with Crippen LogP contribution in [0.2, 0.25) is 30.1 Å². The normalized spacial score (nSPS) is 16.3. The topological polar surface area (TPSA) is 299 Å². The lowest BCUT2D eigenvalue weighted by molar-refractivity contribution is 0.0599. The number of aromatic carboxylic acids is 1. The Balaban J connectivity index is 0.000000168. The van der Waals surface area contributed by atoms with Crippen LogP contribution in [-0.2, 0) is 51.0 Å². The molecule has 4 atom stereocenters. The van der Waals surface area contributed by atoms with E-state index in [4.69, 9.17) is 112 Å². The molecule has 38 heteroatoms. The van der Waals surface area contributed by atoms with Crippen molar-refractivity contribution in [3.8, 4) is 34.3 Å². The Morgan fingerprint density at radius 2 is 0.944 bits per heavy atom. The molecule has 4 aliphatic rings. The molecule has 125 heavy (non-hydrogen) atoms. The van der Waals surface area contributed by atoms with E-state index in [0.29, 0.717) is 138 Å². The van der Waals surface area contributed by atoms with Crippen molar-refractivity contribution in [1.82, 2.24) is 28.4 Å². The molecule has 4 aromatic heterocycles. The third-order valence-corrected chi connectivity index (χ3v) is 28.4. The van der Waals surface area contributed by atoms with Gasteiger partial charge in [0.15, 0.2) is 0 Å². The summed E-state index contributed by atoms with van der Waals surface area (Å²) in [6.07, 6.45) is 9.01. The number of carbonyl (C=O) groups is 2. The molecule has 10 aromatic rings. The minimum absolute atomic E-state index is 0.108. The highest BCUT2D eigenvalue weighted by molar-refractivity contribution is 9.11. The lowest BCUT2D eigenvalue weighted by Crippen LogP contribution is -2.38. The predicted octanol–water partition coefficient (Wildman–Crippen LogP) is 17.2. The van der Waals surface area contributed by atoms with E-state index in [2.05, 4.69) is 93.5 Å². The number of benzene rings is 6. The number of esters is 1. The number of carboxylic acids is 1. The number of anilines is 4. The van der Waals surface area contributed by atoms with Gasteiger partial charge in [-0.3, -0.25) is 0 Å². The number of halogens is 7. The third kappa shape index (κ3) is 26.9. The maximum atomic E-state index is 12.0. The quantitative estimate of drug-likeness (QED) is 0.0288. The average molecular weight is 1950 g/mol. The number of carbonyl (C=O) groups excluding carboxylic acids is 1. The molecule has 4 fully saturated rings. The number of likely N-dealkylation sites (N-methyl/N-ethyl adjacent to an activating group) is 2. The molecule has 0 unspecified atom stereocenters. The Morgan fingerprint density at radius 1 is 0.528 bits per heavy atom. The van der Waals surface area contributed by atoms with Gasteiger partial charge in [0.25, 0.3) is 0 Å². The first-order valence-corrected chi connectivity index (χ1v) is 47.2. The van der Waals surface area contributed by atoms with Crippen LogP contribution in [0, 0.1) is 35.8 Å². The average Bonchev–Trinajstić information content (AvgIpc) is 1.77. The molecular weight excluding hydrogens is 1860 g/mol. The van der Waals surface area contributed by atoms with Crippen LogP contribution in [0.5, 0.6) is 11.8 Å². The molecule has 0 amide bonds. The van der Waals surface area contributed by atoms with Crippen molar-refractivity contribution in [3.05, 3.63) is 270 Å². The van der Waals surface area contributed by atoms with Crippen LogP contribution in [0.15, 0.2) is 174 Å². The number of pyridine rings is 2. The summed E-state index contributed by atoms with van der Waals surface area (Å²) < 4.78 is 66.7. The zero-order valence-electron chi connectivity index (χ0n) is 68.9. The monoisotopic (exact) mass is 1950 g/mol. The first-order valence-electron chi connectivity index (χ1n) is 38.8. The molecule has 0 aliphatic carbocycles. The fourth-order valence-electron chi connectivity index (χ4n) is 14.5. The van der Waals surface area contributed by atoms with Crippen LogP contribution in [0.25, 0.3) is 20.1 Å². The van der Waals surface area contributed by atoms with Crippen molar-refractivity contribution in [2.75, 3.05) is 120 Å². The molecule has 14 rings (SSSR count). The van der Waals surface area contributed by atoms with Crippen LogP contribution in [0.3, 0.4) is 0 Å². The fourth-order valence-corrected chi connectivity index (χ4v) is 20.0. The first-order chi connectivity index (χ1) is 59.6. The summed E-state index contributed by atoms with van der Waals surface area (Å²) in [5.74, 6) is -0.471. The minimum Gasteiger partial charge on any atom is -0.481 e. The number of thiophene rings is 2. The fraction of sp³-hybridized carbons (Fsp3) is 0.310. The highest BCUT2D eigenvalue weighted by Gasteiger charge is 2.36. The highest BCUT2D eigenvalue weighted by atomic mass is 79.9. The predicted molar refractivity (Wildman–Crippen MR) is 502 cm³/mol. The van der Waals surface area contributed by atoms with Crippen LogP contribution in [0.4, 0.5) is 34.1 Å². The lowest BCUT2D eigenvalue weighted by atomic mass is 9.82. The number of likely N-dealkylation sites (tertiary alicyclic amines) is 2. The van der Waals surface area contributed by atoms with Crippen LogP contribution < -0.4 is 34.5 Å². The molecule has 0 saturated carbocycles. The second kappa shape index (κ2) is 45.4. The van der Waals surface area contributed by atoms with E-state index in [0.717, 1.165) is 78.5 Å². The van der Waals surface area contributed by atoms with Gasteiger partial charge in [-0.15, -0.1) is 22.7 Å². The molecule has 0 bridgehead atoms. The van der Waals surface area contributed by atoms with Gasteiger partial charge >= 0.3 is 19.1 Å². The molecule has 6 aromatic carbocycles. The Bertz CT molecular complexity index is 5890. The van der Waals surface area contributed by atoms with E-state index in [1.807, 2.05) is 76.7 Å². The minimum atomic E-state index is -3.34. The van der Waals surface area contributed by atoms with Gasteiger partial charge in [0.05, 0.1) is 96.2 Å². The van der Waals surface area contributed by atoms with Crippen molar-refractivity contribution in [3.63, 3.8) is 0 Å². The second-order valence-electron chi connectivity index (χ2n) is 29.6. The first kappa shape index (κ1) is 97.9. The molecule has 4 aliphatic heterocycles. The SMILES string of the molecule is COC(=O)c1ccc(Cl)c(CN(c2ccc(C#N)c(Cl)c2)[C@H]2CCN(S(C)(=O)=O)C2)c1.COc1ccc(B(O)O)cn1.CS(=O)(=O)N1CC[C@H](N(Cc2cc(C(=O)O)ccc2Cl)c2ccc(C#N)c(Cl)c2)C1.[C-]#[N+]c1ccc(N(Cc2ccc(-c3ccc(OC)nc3)s2)[C@H]2CCN(C)C2)cc1Cl.[C-]#[N+]c1ccc(N(Cc2ccc(Br)s2)[C@H]2CCN(C)C2)cc1Cl. The Hall–Kier alpha value is -9.34. The summed E-state index contributed by atoms with van der Waals surface area (Å²) in [5, 5.41) is 47.4. The zero-order valence-corrected chi connectivity index (χ0v) is 78.3. The molecule has 3 N–H and O–H groups in total. The number of carboxylic acid groups (broad SMARTS) is 1. The Morgan fingerprint density at radius 3 is 1.30 bits per heavy atom. The van der Waals surface area contributed by atoms with Gasteiger partial charge in [0.1, 0.15) is 12.1 Å². The van der Waals surface area contributed by atoms with Gasteiger partial charge in [-0.05, 0) is 213 Å².